The van der Waals surface area contributed by atoms with Gasteiger partial charge in [-0.1, -0.05) is 19.1 Å². The van der Waals surface area contributed by atoms with Crippen LogP contribution >= 0.6 is 11.3 Å². The molecule has 0 radical (unpaired) electrons. The molecule has 0 aliphatic heterocycles. The normalized spacial score (nSPS) is 12.1. The molecule has 0 aliphatic rings. The molecule has 4 heteroatoms. The third kappa shape index (κ3) is 4.49. The summed E-state index contributed by atoms with van der Waals surface area (Å²) >= 11 is 1.77. The van der Waals surface area contributed by atoms with E-state index in [-0.39, 0.29) is 0 Å². The molecule has 2 N–H and O–H groups in total. The van der Waals surface area contributed by atoms with E-state index >= 15 is 0 Å². The molecule has 0 saturated heterocycles. The average Bonchev–Trinajstić information content (AvgIpc) is 3.06. The van der Waals surface area contributed by atoms with Crippen molar-refractivity contribution in [1.29, 1.82) is 0 Å². The smallest absolute Gasteiger partial charge is 0.161 e. The molecule has 0 aliphatic carbocycles. The molecule has 22 heavy (non-hydrogen) atoms. The van der Waals surface area contributed by atoms with E-state index in [9.17, 15) is 0 Å². The van der Waals surface area contributed by atoms with Crippen molar-refractivity contribution in [3.05, 3.63) is 46.2 Å². The second-order valence-corrected chi connectivity index (χ2v) is 6.19. The van der Waals surface area contributed by atoms with Crippen LogP contribution in [-0.2, 0) is 6.42 Å². The first-order valence-corrected chi connectivity index (χ1v) is 8.78. The van der Waals surface area contributed by atoms with Gasteiger partial charge in [-0.2, -0.15) is 0 Å². The Labute approximate surface area is 137 Å². The summed E-state index contributed by atoms with van der Waals surface area (Å²) in [6.45, 7) is 6.09. The Bertz CT molecular complexity index is 554. The lowest BCUT2D eigenvalue weighted by molar-refractivity contribution is 0.276. The number of benzene rings is 1. The first-order chi connectivity index (χ1) is 10.8. The summed E-state index contributed by atoms with van der Waals surface area (Å²) in [6.07, 6.45) is 1.91. The van der Waals surface area contributed by atoms with Crippen LogP contribution in [0.3, 0.4) is 0 Å². The fraction of sp³-hybridized carbons (Fsp3) is 0.444. The Kier molecular flexibility index (Phi) is 6.74. The third-order valence-electron chi connectivity index (χ3n) is 3.48. The lowest BCUT2D eigenvalue weighted by Gasteiger charge is -2.16. The molecule has 1 aromatic heterocycles. The van der Waals surface area contributed by atoms with E-state index < -0.39 is 0 Å². The summed E-state index contributed by atoms with van der Waals surface area (Å²) in [7, 11) is 0. The topological polar surface area (TPSA) is 44.5 Å². The Morgan fingerprint density at radius 3 is 2.64 bits per heavy atom. The predicted molar refractivity (Wildman–Crippen MR) is 93.2 cm³/mol. The molecule has 1 unspecified atom stereocenters. The van der Waals surface area contributed by atoms with E-state index in [1.54, 1.807) is 11.3 Å². The van der Waals surface area contributed by atoms with E-state index in [1.165, 1.54) is 10.4 Å². The maximum absolute atomic E-state index is 5.95. The Morgan fingerprint density at radius 1 is 1.14 bits per heavy atom. The Balaban J connectivity index is 2.15. The van der Waals surface area contributed by atoms with Crippen LogP contribution in [0.5, 0.6) is 11.5 Å². The number of hydrogen-bond acceptors (Lipinski definition) is 4. The van der Waals surface area contributed by atoms with Gasteiger partial charge in [0.15, 0.2) is 11.5 Å². The molecule has 1 atom stereocenters. The van der Waals surface area contributed by atoms with Gasteiger partial charge in [-0.05, 0) is 48.9 Å². The molecule has 2 rings (SSSR count). The second-order valence-electron chi connectivity index (χ2n) is 5.21. The van der Waals surface area contributed by atoms with E-state index in [0.29, 0.717) is 25.7 Å². The van der Waals surface area contributed by atoms with Gasteiger partial charge in [0.25, 0.3) is 0 Å². The molecule has 0 fully saturated rings. The van der Waals surface area contributed by atoms with Gasteiger partial charge >= 0.3 is 0 Å². The summed E-state index contributed by atoms with van der Waals surface area (Å²) in [6, 6.07) is 10.5. The minimum Gasteiger partial charge on any atom is -0.490 e. The molecule has 0 bridgehead atoms. The lowest BCUT2D eigenvalue weighted by Crippen LogP contribution is -2.14. The molecule has 0 spiro atoms. The van der Waals surface area contributed by atoms with Crippen molar-refractivity contribution in [2.75, 3.05) is 19.8 Å². The fourth-order valence-electron chi connectivity index (χ4n) is 2.39. The van der Waals surface area contributed by atoms with E-state index in [1.807, 2.05) is 13.0 Å². The number of thiophene rings is 1. The van der Waals surface area contributed by atoms with Crippen molar-refractivity contribution in [3.8, 4) is 11.5 Å². The molecule has 3 nitrogen and oxygen atoms in total. The Morgan fingerprint density at radius 2 is 2.00 bits per heavy atom. The van der Waals surface area contributed by atoms with Crippen LogP contribution in [0, 0.1) is 0 Å². The quantitative estimate of drug-likeness (QED) is 0.752. The van der Waals surface area contributed by atoms with Crippen LogP contribution in [0.4, 0.5) is 0 Å². The monoisotopic (exact) mass is 319 g/mol. The van der Waals surface area contributed by atoms with E-state index in [0.717, 1.165) is 24.3 Å². The van der Waals surface area contributed by atoms with E-state index in [4.69, 9.17) is 15.2 Å². The minimum atomic E-state index is 0.358. The van der Waals surface area contributed by atoms with Crippen molar-refractivity contribution in [3.63, 3.8) is 0 Å². The number of ether oxygens (including phenoxy) is 2. The standard InChI is InChI=1S/C18H25NO2S/c1-3-9-21-16-8-7-14(12-17(16)20-4-2)11-15(13-19)18-6-5-10-22-18/h5-8,10,12,15H,3-4,9,11,13,19H2,1-2H3. The molecular formula is C18H25NO2S. The number of nitrogens with two attached hydrogens (primary N) is 1. The van der Waals surface area contributed by atoms with Crippen LogP contribution < -0.4 is 15.2 Å². The second kappa shape index (κ2) is 8.81. The lowest BCUT2D eigenvalue weighted by atomic mass is 9.97. The van der Waals surface area contributed by atoms with Gasteiger partial charge in [0, 0.05) is 17.3 Å². The van der Waals surface area contributed by atoms with Crippen molar-refractivity contribution >= 4 is 11.3 Å². The van der Waals surface area contributed by atoms with Gasteiger partial charge in [0.05, 0.1) is 13.2 Å². The minimum absolute atomic E-state index is 0.358. The van der Waals surface area contributed by atoms with Crippen LogP contribution in [0.15, 0.2) is 35.7 Å². The zero-order valence-corrected chi connectivity index (χ0v) is 14.2. The van der Waals surface area contributed by atoms with Gasteiger partial charge in [-0.15, -0.1) is 11.3 Å². The summed E-state index contributed by atoms with van der Waals surface area (Å²) < 4.78 is 11.5. The number of hydrogen-bond donors (Lipinski definition) is 1. The molecule has 120 valence electrons. The number of rotatable bonds is 9. The van der Waals surface area contributed by atoms with Crippen LogP contribution in [0.2, 0.25) is 0 Å². The maximum atomic E-state index is 5.95. The zero-order valence-electron chi connectivity index (χ0n) is 13.4. The van der Waals surface area contributed by atoms with Gasteiger partial charge in [0.2, 0.25) is 0 Å². The zero-order chi connectivity index (χ0) is 15.8. The summed E-state index contributed by atoms with van der Waals surface area (Å²) in [5.74, 6) is 2.01. The highest BCUT2D eigenvalue weighted by molar-refractivity contribution is 7.10. The van der Waals surface area contributed by atoms with Gasteiger partial charge in [-0.25, -0.2) is 0 Å². The Hall–Kier alpha value is -1.52. The first kappa shape index (κ1) is 16.8. The highest BCUT2D eigenvalue weighted by Gasteiger charge is 2.14. The maximum Gasteiger partial charge on any atom is 0.161 e. The van der Waals surface area contributed by atoms with Gasteiger partial charge in [-0.3, -0.25) is 0 Å². The van der Waals surface area contributed by atoms with Gasteiger partial charge < -0.3 is 15.2 Å². The molecule has 0 saturated carbocycles. The van der Waals surface area contributed by atoms with E-state index in [2.05, 4.69) is 36.6 Å². The van der Waals surface area contributed by atoms with Crippen molar-refractivity contribution in [1.82, 2.24) is 0 Å². The predicted octanol–water partition coefficient (Wildman–Crippen LogP) is 4.22. The van der Waals surface area contributed by atoms with Crippen LogP contribution in [-0.4, -0.2) is 19.8 Å². The SMILES string of the molecule is CCCOc1ccc(CC(CN)c2cccs2)cc1OCC. The average molecular weight is 319 g/mol. The van der Waals surface area contributed by atoms with Crippen LogP contribution in [0.1, 0.15) is 36.6 Å². The molecule has 2 aromatic rings. The molecular weight excluding hydrogens is 294 g/mol. The van der Waals surface area contributed by atoms with Crippen molar-refractivity contribution in [2.24, 2.45) is 5.73 Å². The summed E-state index contributed by atoms with van der Waals surface area (Å²) in [4.78, 5) is 1.34. The summed E-state index contributed by atoms with van der Waals surface area (Å²) in [5, 5.41) is 2.10. The van der Waals surface area contributed by atoms with Crippen molar-refractivity contribution in [2.45, 2.75) is 32.6 Å². The third-order valence-corrected chi connectivity index (χ3v) is 4.52. The molecule has 1 heterocycles. The van der Waals surface area contributed by atoms with Gasteiger partial charge in [0.1, 0.15) is 0 Å². The first-order valence-electron chi connectivity index (χ1n) is 7.90. The van der Waals surface area contributed by atoms with Crippen LogP contribution in [0.25, 0.3) is 0 Å². The largest absolute Gasteiger partial charge is 0.490 e. The highest BCUT2D eigenvalue weighted by Crippen LogP contribution is 2.31. The molecule has 1 aromatic carbocycles. The molecule has 0 amide bonds. The fourth-order valence-corrected chi connectivity index (χ4v) is 3.23. The summed E-state index contributed by atoms with van der Waals surface area (Å²) in [5.41, 5.74) is 7.19. The van der Waals surface area contributed by atoms with Crippen molar-refractivity contribution < 1.29 is 9.47 Å². The highest BCUT2D eigenvalue weighted by atomic mass is 32.1.